The number of benzene rings is 1. The van der Waals surface area contributed by atoms with Crippen LogP contribution in [0.3, 0.4) is 0 Å². The van der Waals surface area contributed by atoms with Crippen LogP contribution in [0, 0.1) is 5.92 Å². The number of para-hydroxylation sites is 1. The lowest BCUT2D eigenvalue weighted by Crippen LogP contribution is -2.40. The van der Waals surface area contributed by atoms with Crippen LogP contribution in [-0.2, 0) is 11.2 Å². The highest BCUT2D eigenvalue weighted by molar-refractivity contribution is 5.94. The normalized spacial score (nSPS) is 20.7. The van der Waals surface area contributed by atoms with E-state index in [2.05, 4.69) is 32.0 Å². The number of carbonyl (C=O) groups excluding carboxylic acids is 1. The molecule has 1 aliphatic heterocycles. The molecule has 0 spiro atoms. The number of hydrogen-bond donors (Lipinski definition) is 0. The number of fused-ring (bicyclic) bond motifs is 1. The lowest BCUT2D eigenvalue weighted by Gasteiger charge is -2.28. The zero-order valence-electron chi connectivity index (χ0n) is 10.2. The molecule has 0 aromatic heterocycles. The Morgan fingerprint density at radius 3 is 2.81 bits per heavy atom. The van der Waals surface area contributed by atoms with Crippen molar-refractivity contribution < 1.29 is 4.79 Å². The maximum atomic E-state index is 11.8. The number of amides is 1. The largest absolute Gasteiger partial charge is 0.309 e. The number of carbonyl (C=O) groups is 1. The molecule has 2 heteroatoms. The zero-order valence-corrected chi connectivity index (χ0v) is 10.2. The van der Waals surface area contributed by atoms with Gasteiger partial charge in [0.25, 0.3) is 0 Å². The molecule has 16 heavy (non-hydrogen) atoms. The van der Waals surface area contributed by atoms with Gasteiger partial charge in [-0.15, -0.1) is 0 Å². The fourth-order valence-corrected chi connectivity index (χ4v) is 2.54. The van der Waals surface area contributed by atoms with E-state index < -0.39 is 0 Å². The van der Waals surface area contributed by atoms with Crippen LogP contribution in [0.4, 0.5) is 5.69 Å². The quantitative estimate of drug-likeness (QED) is 0.745. The van der Waals surface area contributed by atoms with E-state index in [0.717, 1.165) is 18.5 Å². The summed E-state index contributed by atoms with van der Waals surface area (Å²) in [6.07, 6.45) is 2.12. The van der Waals surface area contributed by atoms with Crippen molar-refractivity contribution in [2.24, 2.45) is 5.92 Å². The van der Waals surface area contributed by atoms with E-state index in [0.29, 0.717) is 12.0 Å². The Bertz CT molecular complexity index is 399. The predicted molar refractivity (Wildman–Crippen MR) is 66.5 cm³/mol. The summed E-state index contributed by atoms with van der Waals surface area (Å²) in [5.41, 5.74) is 2.42. The number of anilines is 1. The molecule has 0 bridgehead atoms. The summed E-state index contributed by atoms with van der Waals surface area (Å²) in [5.74, 6) is 0.714. The van der Waals surface area contributed by atoms with E-state index in [1.165, 1.54) is 5.56 Å². The zero-order chi connectivity index (χ0) is 11.7. The van der Waals surface area contributed by atoms with Crippen molar-refractivity contribution >= 4 is 11.6 Å². The Balaban J connectivity index is 2.37. The highest BCUT2D eigenvalue weighted by Gasteiger charge is 2.34. The van der Waals surface area contributed by atoms with Gasteiger partial charge < -0.3 is 4.90 Å². The molecule has 1 amide bonds. The Labute approximate surface area is 97.3 Å². The fraction of sp³-hybridized carbons (Fsp3) is 0.500. The van der Waals surface area contributed by atoms with Gasteiger partial charge in [-0.05, 0) is 24.0 Å². The molecule has 0 aliphatic carbocycles. The highest BCUT2D eigenvalue weighted by Crippen LogP contribution is 2.35. The summed E-state index contributed by atoms with van der Waals surface area (Å²) in [6, 6.07) is 8.59. The third-order valence-corrected chi connectivity index (χ3v) is 3.65. The first kappa shape index (κ1) is 11.2. The summed E-state index contributed by atoms with van der Waals surface area (Å²) < 4.78 is 0. The summed E-state index contributed by atoms with van der Waals surface area (Å²) in [7, 11) is 0. The second-order valence-corrected chi connectivity index (χ2v) is 4.67. The molecule has 86 valence electrons. The van der Waals surface area contributed by atoms with Crippen LogP contribution in [0.1, 0.15) is 32.8 Å². The second-order valence-electron chi connectivity index (χ2n) is 4.67. The van der Waals surface area contributed by atoms with E-state index in [9.17, 15) is 4.79 Å². The summed E-state index contributed by atoms with van der Waals surface area (Å²) in [6.45, 7) is 6.08. The van der Waals surface area contributed by atoms with Crippen molar-refractivity contribution in [3.05, 3.63) is 29.8 Å². The molecule has 0 radical (unpaired) electrons. The molecule has 0 saturated heterocycles. The lowest BCUT2D eigenvalue weighted by molar-refractivity contribution is -0.117. The van der Waals surface area contributed by atoms with Gasteiger partial charge in [-0.1, -0.05) is 38.5 Å². The van der Waals surface area contributed by atoms with Gasteiger partial charge in [-0.25, -0.2) is 0 Å². The van der Waals surface area contributed by atoms with E-state index >= 15 is 0 Å². The van der Waals surface area contributed by atoms with Crippen molar-refractivity contribution in [3.8, 4) is 0 Å². The highest BCUT2D eigenvalue weighted by atomic mass is 16.2. The smallest absolute Gasteiger partial charge is 0.224 e. The monoisotopic (exact) mass is 217 g/mol. The number of nitrogens with zero attached hydrogens (tertiary/aromatic N) is 1. The topological polar surface area (TPSA) is 20.3 Å². The van der Waals surface area contributed by atoms with Gasteiger partial charge in [0.2, 0.25) is 5.91 Å². The van der Waals surface area contributed by atoms with E-state index in [1.807, 2.05) is 11.0 Å². The molecular weight excluding hydrogens is 198 g/mol. The number of hydrogen-bond acceptors (Lipinski definition) is 1. The molecule has 2 rings (SSSR count). The minimum Gasteiger partial charge on any atom is -0.309 e. The average Bonchev–Trinajstić information content (AvgIpc) is 2.67. The second kappa shape index (κ2) is 4.28. The maximum absolute atomic E-state index is 11.8. The van der Waals surface area contributed by atoms with Crippen LogP contribution in [0.15, 0.2) is 24.3 Å². The minimum absolute atomic E-state index is 0.162. The van der Waals surface area contributed by atoms with Gasteiger partial charge in [0, 0.05) is 18.7 Å². The molecule has 2 unspecified atom stereocenters. The summed E-state index contributed by atoms with van der Waals surface area (Å²) in [5, 5.41) is 0. The molecule has 2 nitrogen and oxygen atoms in total. The molecule has 1 aromatic rings. The lowest BCUT2D eigenvalue weighted by atomic mass is 9.95. The standard InChI is InChI=1S/C14H19NO/c1-4-10(2)14-9-12-7-5-6-8-13(12)15(14)11(3)16/h5-8,10,14H,4,9H2,1-3H3. The van der Waals surface area contributed by atoms with Gasteiger partial charge in [0.05, 0.1) is 0 Å². The predicted octanol–water partition coefficient (Wildman–Crippen LogP) is 3.01. The first-order valence-electron chi connectivity index (χ1n) is 6.02. The molecule has 1 aromatic carbocycles. The minimum atomic E-state index is 0.162. The molecule has 2 atom stereocenters. The third-order valence-electron chi connectivity index (χ3n) is 3.65. The van der Waals surface area contributed by atoms with Crippen molar-refractivity contribution in [2.75, 3.05) is 4.90 Å². The van der Waals surface area contributed by atoms with E-state index in [1.54, 1.807) is 6.92 Å². The van der Waals surface area contributed by atoms with Crippen molar-refractivity contribution in [1.29, 1.82) is 0 Å². The van der Waals surface area contributed by atoms with Crippen molar-refractivity contribution in [3.63, 3.8) is 0 Å². The van der Waals surface area contributed by atoms with Crippen LogP contribution in [-0.4, -0.2) is 11.9 Å². The molecule has 0 saturated carbocycles. The van der Waals surface area contributed by atoms with E-state index in [4.69, 9.17) is 0 Å². The molecule has 0 N–H and O–H groups in total. The maximum Gasteiger partial charge on any atom is 0.224 e. The Morgan fingerprint density at radius 1 is 1.50 bits per heavy atom. The molecular formula is C14H19NO. The van der Waals surface area contributed by atoms with Crippen LogP contribution < -0.4 is 4.90 Å². The van der Waals surface area contributed by atoms with E-state index in [-0.39, 0.29) is 5.91 Å². The van der Waals surface area contributed by atoms with Crippen molar-refractivity contribution in [1.82, 2.24) is 0 Å². The molecule has 1 aliphatic rings. The van der Waals surface area contributed by atoms with Gasteiger partial charge in [0.1, 0.15) is 0 Å². The molecule has 1 heterocycles. The van der Waals surface area contributed by atoms with Gasteiger partial charge >= 0.3 is 0 Å². The summed E-state index contributed by atoms with van der Waals surface area (Å²) in [4.78, 5) is 13.7. The Morgan fingerprint density at radius 2 is 2.19 bits per heavy atom. The van der Waals surface area contributed by atoms with Crippen LogP contribution >= 0.6 is 0 Å². The molecule has 0 fully saturated rings. The summed E-state index contributed by atoms with van der Waals surface area (Å²) >= 11 is 0. The first-order chi connectivity index (χ1) is 7.65. The first-order valence-corrected chi connectivity index (χ1v) is 6.02. The number of rotatable bonds is 2. The Hall–Kier alpha value is -1.31. The van der Waals surface area contributed by atoms with Gasteiger partial charge in [-0.3, -0.25) is 4.79 Å². The Kier molecular flexibility index (Phi) is 2.99. The third kappa shape index (κ3) is 1.73. The van der Waals surface area contributed by atoms with Crippen molar-refractivity contribution in [2.45, 2.75) is 39.7 Å². The van der Waals surface area contributed by atoms with Gasteiger partial charge in [0.15, 0.2) is 0 Å². The van der Waals surface area contributed by atoms with Gasteiger partial charge in [-0.2, -0.15) is 0 Å². The average molecular weight is 217 g/mol. The van der Waals surface area contributed by atoms with Crippen LogP contribution in [0.5, 0.6) is 0 Å². The van der Waals surface area contributed by atoms with Crippen LogP contribution in [0.25, 0.3) is 0 Å². The SMILES string of the molecule is CCC(C)C1Cc2ccccc2N1C(C)=O. The van der Waals surface area contributed by atoms with Crippen LogP contribution in [0.2, 0.25) is 0 Å². The fourth-order valence-electron chi connectivity index (χ4n) is 2.54.